The fraction of sp³-hybridized carbons (Fsp3) is 0.353. The molecule has 0 atom stereocenters. The van der Waals surface area contributed by atoms with Crippen LogP contribution < -0.4 is 4.74 Å². The highest BCUT2D eigenvalue weighted by molar-refractivity contribution is 5.92. The van der Waals surface area contributed by atoms with Gasteiger partial charge in [0.2, 0.25) is 0 Å². The van der Waals surface area contributed by atoms with Crippen LogP contribution in [-0.4, -0.2) is 41.0 Å². The summed E-state index contributed by atoms with van der Waals surface area (Å²) in [4.78, 5) is 22.0. The van der Waals surface area contributed by atoms with Crippen molar-refractivity contribution in [3.63, 3.8) is 0 Å². The molecule has 0 N–H and O–H groups in total. The van der Waals surface area contributed by atoms with Crippen LogP contribution in [0.1, 0.15) is 27.4 Å². The predicted molar refractivity (Wildman–Crippen MR) is 85.1 cm³/mol. The van der Waals surface area contributed by atoms with E-state index < -0.39 is 0 Å². The highest BCUT2D eigenvalue weighted by Crippen LogP contribution is 2.16. The van der Waals surface area contributed by atoms with Gasteiger partial charge >= 0.3 is 0 Å². The number of benzene rings is 1. The number of aromatic nitrogens is 2. The first kappa shape index (κ1) is 15.9. The maximum absolute atomic E-state index is 12.2. The third-order valence-electron chi connectivity index (χ3n) is 3.23. The van der Waals surface area contributed by atoms with Crippen molar-refractivity contribution >= 4 is 5.91 Å². The molecule has 1 amide bonds. The summed E-state index contributed by atoms with van der Waals surface area (Å²) in [6.45, 7) is 6.77. The summed E-state index contributed by atoms with van der Waals surface area (Å²) in [5, 5.41) is 0. The van der Waals surface area contributed by atoms with Gasteiger partial charge in [0.05, 0.1) is 6.54 Å². The Balaban J connectivity index is 1.89. The van der Waals surface area contributed by atoms with Gasteiger partial charge in [0, 0.05) is 13.2 Å². The van der Waals surface area contributed by atoms with Gasteiger partial charge in [0.15, 0.2) is 0 Å². The first-order valence-electron chi connectivity index (χ1n) is 7.22. The molecule has 1 aromatic heterocycles. The lowest BCUT2D eigenvalue weighted by molar-refractivity contribution is 0.0767. The SMILES string of the molecule is Cc1cc(C)cc(OCCN(C)C(=O)c2ccnc(C)n2)c1. The lowest BCUT2D eigenvalue weighted by atomic mass is 10.1. The number of carbonyl (C=O) groups is 1. The molecule has 0 saturated heterocycles. The quantitative estimate of drug-likeness (QED) is 0.851. The molecule has 1 heterocycles. The Bertz CT molecular complexity index is 650. The molecule has 0 aliphatic carbocycles. The van der Waals surface area contributed by atoms with Gasteiger partial charge < -0.3 is 9.64 Å². The largest absolute Gasteiger partial charge is 0.492 e. The molecule has 0 fully saturated rings. The van der Waals surface area contributed by atoms with Crippen molar-refractivity contribution in [1.82, 2.24) is 14.9 Å². The maximum atomic E-state index is 12.2. The zero-order valence-electron chi connectivity index (χ0n) is 13.5. The van der Waals surface area contributed by atoms with Crippen LogP contribution in [0.4, 0.5) is 0 Å². The van der Waals surface area contributed by atoms with E-state index in [2.05, 4.69) is 16.0 Å². The molecule has 0 unspecified atom stereocenters. The monoisotopic (exact) mass is 299 g/mol. The molecule has 0 aliphatic heterocycles. The van der Waals surface area contributed by atoms with Crippen molar-refractivity contribution in [2.24, 2.45) is 0 Å². The smallest absolute Gasteiger partial charge is 0.272 e. The molecule has 0 radical (unpaired) electrons. The number of ether oxygens (including phenoxy) is 1. The number of likely N-dealkylation sites (N-methyl/N-ethyl adjacent to an activating group) is 1. The van der Waals surface area contributed by atoms with Crippen molar-refractivity contribution in [2.45, 2.75) is 20.8 Å². The van der Waals surface area contributed by atoms with E-state index in [-0.39, 0.29) is 5.91 Å². The van der Waals surface area contributed by atoms with E-state index >= 15 is 0 Å². The van der Waals surface area contributed by atoms with E-state index in [1.54, 1.807) is 31.1 Å². The summed E-state index contributed by atoms with van der Waals surface area (Å²) in [7, 11) is 1.74. The number of aryl methyl sites for hydroxylation is 3. The second-order valence-electron chi connectivity index (χ2n) is 5.39. The van der Waals surface area contributed by atoms with Gasteiger partial charge in [-0.1, -0.05) is 6.07 Å². The van der Waals surface area contributed by atoms with Gasteiger partial charge in [-0.25, -0.2) is 9.97 Å². The summed E-state index contributed by atoms with van der Waals surface area (Å²) >= 11 is 0. The molecule has 2 aromatic rings. The Labute approximate surface area is 131 Å². The summed E-state index contributed by atoms with van der Waals surface area (Å²) in [6, 6.07) is 7.70. The Hall–Kier alpha value is -2.43. The minimum absolute atomic E-state index is 0.130. The van der Waals surface area contributed by atoms with Crippen molar-refractivity contribution < 1.29 is 9.53 Å². The summed E-state index contributed by atoms with van der Waals surface area (Å²) in [5.74, 6) is 1.29. The fourth-order valence-corrected chi connectivity index (χ4v) is 2.19. The molecule has 5 nitrogen and oxygen atoms in total. The Morgan fingerprint density at radius 2 is 1.86 bits per heavy atom. The number of amides is 1. The number of hydrogen-bond donors (Lipinski definition) is 0. The first-order chi connectivity index (χ1) is 10.5. The minimum atomic E-state index is -0.130. The van der Waals surface area contributed by atoms with Crippen molar-refractivity contribution in [3.05, 3.63) is 53.1 Å². The van der Waals surface area contributed by atoms with Crippen LogP contribution in [0.15, 0.2) is 30.5 Å². The van der Waals surface area contributed by atoms with Gasteiger partial charge in [-0.05, 0) is 50.1 Å². The Morgan fingerprint density at radius 3 is 2.50 bits per heavy atom. The molecular formula is C17H21N3O2. The van der Waals surface area contributed by atoms with Crippen LogP contribution in [-0.2, 0) is 0 Å². The normalized spacial score (nSPS) is 10.4. The predicted octanol–water partition coefficient (Wildman–Crippen LogP) is 2.55. The maximum Gasteiger partial charge on any atom is 0.272 e. The lowest BCUT2D eigenvalue weighted by Gasteiger charge is -2.17. The van der Waals surface area contributed by atoms with Crippen LogP contribution in [0.2, 0.25) is 0 Å². The van der Waals surface area contributed by atoms with E-state index in [9.17, 15) is 4.79 Å². The van der Waals surface area contributed by atoms with E-state index in [1.165, 1.54) is 0 Å². The molecule has 0 aliphatic rings. The Kier molecular flexibility index (Phi) is 5.09. The molecule has 0 bridgehead atoms. The van der Waals surface area contributed by atoms with E-state index in [1.807, 2.05) is 26.0 Å². The second-order valence-corrected chi connectivity index (χ2v) is 5.39. The Morgan fingerprint density at radius 1 is 1.18 bits per heavy atom. The van der Waals surface area contributed by atoms with E-state index in [4.69, 9.17) is 4.74 Å². The minimum Gasteiger partial charge on any atom is -0.492 e. The first-order valence-corrected chi connectivity index (χ1v) is 7.22. The number of nitrogens with zero attached hydrogens (tertiary/aromatic N) is 3. The van der Waals surface area contributed by atoms with Gasteiger partial charge in [-0.2, -0.15) is 0 Å². The molecule has 22 heavy (non-hydrogen) atoms. The van der Waals surface area contributed by atoms with Crippen molar-refractivity contribution in [2.75, 3.05) is 20.2 Å². The third kappa shape index (κ3) is 4.28. The van der Waals surface area contributed by atoms with Gasteiger partial charge in [-0.3, -0.25) is 4.79 Å². The van der Waals surface area contributed by atoms with Crippen molar-refractivity contribution in [3.8, 4) is 5.75 Å². The average Bonchev–Trinajstić information content (AvgIpc) is 2.45. The number of carbonyl (C=O) groups excluding carboxylic acids is 1. The number of rotatable bonds is 5. The van der Waals surface area contributed by atoms with E-state index in [0.717, 1.165) is 16.9 Å². The van der Waals surface area contributed by atoms with Crippen LogP contribution in [0.25, 0.3) is 0 Å². The summed E-state index contributed by atoms with van der Waals surface area (Å²) in [5.41, 5.74) is 2.73. The average molecular weight is 299 g/mol. The molecule has 0 spiro atoms. The summed E-state index contributed by atoms with van der Waals surface area (Å²) < 4.78 is 5.72. The molecule has 0 saturated carbocycles. The molecule has 116 valence electrons. The fourth-order valence-electron chi connectivity index (χ4n) is 2.19. The van der Waals surface area contributed by atoms with Gasteiger partial charge in [0.1, 0.15) is 23.9 Å². The number of hydrogen-bond acceptors (Lipinski definition) is 4. The lowest BCUT2D eigenvalue weighted by Crippen LogP contribution is -2.31. The molecule has 1 aromatic carbocycles. The molecule has 2 rings (SSSR count). The van der Waals surface area contributed by atoms with Gasteiger partial charge in [0.25, 0.3) is 5.91 Å². The standard InChI is InChI=1S/C17H21N3O2/c1-12-9-13(2)11-15(10-12)22-8-7-20(4)17(21)16-5-6-18-14(3)19-16/h5-6,9-11H,7-8H2,1-4H3. The van der Waals surface area contributed by atoms with Crippen LogP contribution in [0, 0.1) is 20.8 Å². The van der Waals surface area contributed by atoms with Crippen LogP contribution in [0.3, 0.4) is 0 Å². The van der Waals surface area contributed by atoms with Crippen LogP contribution in [0.5, 0.6) is 5.75 Å². The highest BCUT2D eigenvalue weighted by Gasteiger charge is 2.13. The highest BCUT2D eigenvalue weighted by atomic mass is 16.5. The zero-order valence-corrected chi connectivity index (χ0v) is 13.5. The van der Waals surface area contributed by atoms with E-state index in [0.29, 0.717) is 24.7 Å². The van der Waals surface area contributed by atoms with Gasteiger partial charge in [-0.15, -0.1) is 0 Å². The second kappa shape index (κ2) is 7.02. The third-order valence-corrected chi connectivity index (χ3v) is 3.23. The zero-order chi connectivity index (χ0) is 16.1. The molecule has 5 heteroatoms. The topological polar surface area (TPSA) is 55.3 Å². The molecular weight excluding hydrogens is 278 g/mol. The van der Waals surface area contributed by atoms with Crippen molar-refractivity contribution in [1.29, 1.82) is 0 Å². The summed E-state index contributed by atoms with van der Waals surface area (Å²) in [6.07, 6.45) is 1.59. The van der Waals surface area contributed by atoms with Crippen LogP contribution >= 0.6 is 0 Å².